The number of para-hydroxylation sites is 1. The van der Waals surface area contributed by atoms with Gasteiger partial charge in [-0.1, -0.05) is 48.0 Å². The van der Waals surface area contributed by atoms with E-state index in [2.05, 4.69) is 0 Å². The normalized spacial score (nSPS) is 27.6. The van der Waals surface area contributed by atoms with Crippen LogP contribution in [0.25, 0.3) is 6.08 Å². The molecular formula is C22H17ClN2O3. The molecule has 0 radical (unpaired) electrons. The second kappa shape index (κ2) is 6.04. The van der Waals surface area contributed by atoms with Crippen LogP contribution >= 0.6 is 11.6 Å². The zero-order valence-electron chi connectivity index (χ0n) is 15.1. The van der Waals surface area contributed by atoms with Gasteiger partial charge in [0.05, 0.1) is 34.6 Å². The number of ketones is 1. The van der Waals surface area contributed by atoms with Gasteiger partial charge in [0.2, 0.25) is 11.8 Å². The Morgan fingerprint density at radius 2 is 1.64 bits per heavy atom. The summed E-state index contributed by atoms with van der Waals surface area (Å²) in [5.74, 6) is -2.12. The van der Waals surface area contributed by atoms with Crippen LogP contribution in [0.1, 0.15) is 24.1 Å². The summed E-state index contributed by atoms with van der Waals surface area (Å²) < 4.78 is 0. The highest BCUT2D eigenvalue weighted by atomic mass is 35.5. The number of nitrogens with zero attached hydrogens (tertiary/aromatic N) is 2. The summed E-state index contributed by atoms with van der Waals surface area (Å²) in [6, 6.07) is 13.6. The number of anilines is 1. The Bertz CT molecular complexity index is 1060. The summed E-state index contributed by atoms with van der Waals surface area (Å²) in [7, 11) is 0. The van der Waals surface area contributed by atoms with Crippen LogP contribution in [0.4, 0.5) is 5.69 Å². The van der Waals surface area contributed by atoms with Crippen LogP contribution in [0.15, 0.2) is 54.7 Å². The molecule has 6 heteroatoms. The Morgan fingerprint density at radius 3 is 2.39 bits per heavy atom. The van der Waals surface area contributed by atoms with E-state index in [4.69, 9.17) is 11.6 Å². The highest BCUT2D eigenvalue weighted by Gasteiger charge is 2.64. The molecule has 3 aliphatic rings. The lowest BCUT2D eigenvalue weighted by Gasteiger charge is -2.35. The minimum Gasteiger partial charge on any atom is -0.359 e. The van der Waals surface area contributed by atoms with Gasteiger partial charge in [0, 0.05) is 6.20 Å². The summed E-state index contributed by atoms with van der Waals surface area (Å²) in [5.41, 5.74) is 2.34. The molecule has 0 aliphatic carbocycles. The number of carbonyl (C=O) groups is 3. The van der Waals surface area contributed by atoms with Gasteiger partial charge in [0.1, 0.15) is 0 Å². The van der Waals surface area contributed by atoms with Crippen LogP contribution in [0, 0.1) is 11.8 Å². The average molecular weight is 393 g/mol. The molecule has 5 rings (SSSR count). The molecule has 5 nitrogen and oxygen atoms in total. The lowest BCUT2D eigenvalue weighted by molar-refractivity contribution is -0.129. The van der Waals surface area contributed by atoms with Gasteiger partial charge < -0.3 is 4.90 Å². The third-order valence-corrected chi connectivity index (χ3v) is 6.29. The first kappa shape index (κ1) is 17.2. The largest absolute Gasteiger partial charge is 0.359 e. The lowest BCUT2D eigenvalue weighted by atomic mass is 9.84. The molecular weight excluding hydrogens is 376 g/mol. The maximum Gasteiger partial charge on any atom is 0.240 e. The van der Waals surface area contributed by atoms with Crippen LogP contribution in [-0.4, -0.2) is 28.5 Å². The molecule has 2 amide bonds. The van der Waals surface area contributed by atoms with Gasteiger partial charge in [-0.3, -0.25) is 14.4 Å². The SMILES string of the molecule is CC(=O)[C@@H]1[C@@H]2C(=O)N(c3ccccc3Cl)C(=O)[C@H]2[C@@H]2c3ccccc3C=CN12. The molecule has 3 heterocycles. The number of hydrogen-bond acceptors (Lipinski definition) is 4. The van der Waals surface area contributed by atoms with Crippen LogP contribution < -0.4 is 4.90 Å². The highest BCUT2D eigenvalue weighted by Crippen LogP contribution is 2.53. The van der Waals surface area contributed by atoms with Gasteiger partial charge in [0.15, 0.2) is 5.78 Å². The van der Waals surface area contributed by atoms with Crippen molar-refractivity contribution in [1.82, 2.24) is 4.90 Å². The molecule has 28 heavy (non-hydrogen) atoms. The maximum absolute atomic E-state index is 13.5. The van der Waals surface area contributed by atoms with Crippen molar-refractivity contribution in [3.63, 3.8) is 0 Å². The smallest absolute Gasteiger partial charge is 0.240 e. The Hall–Kier alpha value is -2.92. The number of carbonyl (C=O) groups excluding carboxylic acids is 3. The van der Waals surface area contributed by atoms with Gasteiger partial charge in [-0.05, 0) is 36.3 Å². The summed E-state index contributed by atoms with van der Waals surface area (Å²) in [6.45, 7) is 1.48. The molecule has 2 aromatic carbocycles. The summed E-state index contributed by atoms with van der Waals surface area (Å²) >= 11 is 6.27. The monoisotopic (exact) mass is 392 g/mol. The Labute approximate surface area is 167 Å². The zero-order chi connectivity index (χ0) is 19.6. The maximum atomic E-state index is 13.5. The van der Waals surface area contributed by atoms with E-state index in [1.165, 1.54) is 11.8 Å². The van der Waals surface area contributed by atoms with E-state index < -0.39 is 17.9 Å². The lowest BCUT2D eigenvalue weighted by Crippen LogP contribution is -2.43. The molecule has 0 unspecified atom stereocenters. The van der Waals surface area contributed by atoms with Crippen LogP contribution in [0.3, 0.4) is 0 Å². The highest BCUT2D eigenvalue weighted by molar-refractivity contribution is 6.36. The van der Waals surface area contributed by atoms with E-state index in [0.717, 1.165) is 11.1 Å². The van der Waals surface area contributed by atoms with E-state index in [-0.39, 0.29) is 23.6 Å². The number of amides is 2. The average Bonchev–Trinajstić information content (AvgIpc) is 3.16. The van der Waals surface area contributed by atoms with Crippen molar-refractivity contribution in [2.24, 2.45) is 11.8 Å². The van der Waals surface area contributed by atoms with Gasteiger partial charge in [0.25, 0.3) is 0 Å². The van der Waals surface area contributed by atoms with Crippen molar-refractivity contribution in [3.05, 3.63) is 70.9 Å². The predicted molar refractivity (Wildman–Crippen MR) is 105 cm³/mol. The van der Waals surface area contributed by atoms with Crippen molar-refractivity contribution in [2.45, 2.75) is 19.0 Å². The molecule has 2 saturated heterocycles. The van der Waals surface area contributed by atoms with E-state index in [9.17, 15) is 14.4 Å². The Balaban J connectivity index is 1.67. The number of benzene rings is 2. The molecule has 0 bridgehead atoms. The second-order valence-corrected chi connectivity index (χ2v) is 7.81. The molecule has 4 atom stereocenters. The Morgan fingerprint density at radius 1 is 0.964 bits per heavy atom. The van der Waals surface area contributed by atoms with E-state index in [1.54, 1.807) is 24.3 Å². The van der Waals surface area contributed by atoms with Crippen LogP contribution in [0.2, 0.25) is 5.02 Å². The molecule has 0 N–H and O–H groups in total. The van der Waals surface area contributed by atoms with Crippen molar-refractivity contribution in [2.75, 3.05) is 4.90 Å². The van der Waals surface area contributed by atoms with Crippen molar-refractivity contribution >= 4 is 41.0 Å². The first-order chi connectivity index (χ1) is 13.5. The Kier molecular flexibility index (Phi) is 3.71. The summed E-state index contributed by atoms with van der Waals surface area (Å²) in [4.78, 5) is 42.4. The van der Waals surface area contributed by atoms with Gasteiger partial charge >= 0.3 is 0 Å². The third kappa shape index (κ3) is 2.17. The fourth-order valence-electron chi connectivity index (χ4n) is 4.89. The first-order valence-electron chi connectivity index (χ1n) is 9.18. The topological polar surface area (TPSA) is 57.7 Å². The van der Waals surface area contributed by atoms with Gasteiger partial charge in [-0.15, -0.1) is 0 Å². The van der Waals surface area contributed by atoms with Crippen molar-refractivity contribution < 1.29 is 14.4 Å². The number of rotatable bonds is 2. The standard InChI is InChI=1S/C22H17ClN2O3/c1-12(26)19-17-18(20-14-7-3-2-6-13(14)10-11-24(19)20)22(28)25(21(17)27)16-9-5-4-8-15(16)23/h2-11,17-20H,1H3/t17-,18-,19-,20+/m1/s1. The number of fused-ring (bicyclic) bond motifs is 5. The van der Waals surface area contributed by atoms with E-state index in [0.29, 0.717) is 10.7 Å². The van der Waals surface area contributed by atoms with Crippen molar-refractivity contribution in [3.8, 4) is 0 Å². The number of imide groups is 1. The fraction of sp³-hybridized carbons (Fsp3) is 0.227. The molecule has 2 fully saturated rings. The van der Waals surface area contributed by atoms with E-state index in [1.807, 2.05) is 41.4 Å². The fourth-order valence-corrected chi connectivity index (χ4v) is 5.11. The predicted octanol–water partition coefficient (Wildman–Crippen LogP) is 3.44. The number of hydrogen-bond donors (Lipinski definition) is 0. The minimum atomic E-state index is -0.720. The minimum absolute atomic E-state index is 0.122. The third-order valence-electron chi connectivity index (χ3n) is 5.97. The van der Waals surface area contributed by atoms with Crippen molar-refractivity contribution in [1.29, 1.82) is 0 Å². The zero-order valence-corrected chi connectivity index (χ0v) is 15.8. The molecule has 3 aliphatic heterocycles. The quantitative estimate of drug-likeness (QED) is 0.734. The van der Waals surface area contributed by atoms with E-state index >= 15 is 0 Å². The van der Waals surface area contributed by atoms with Gasteiger partial charge in [-0.2, -0.15) is 0 Å². The van der Waals surface area contributed by atoms with Crippen LogP contribution in [0.5, 0.6) is 0 Å². The van der Waals surface area contributed by atoms with Crippen LogP contribution in [-0.2, 0) is 14.4 Å². The summed E-state index contributed by atoms with van der Waals surface area (Å²) in [5, 5.41) is 0.337. The molecule has 0 aromatic heterocycles. The first-order valence-corrected chi connectivity index (χ1v) is 9.56. The molecule has 2 aromatic rings. The molecule has 0 spiro atoms. The second-order valence-electron chi connectivity index (χ2n) is 7.41. The molecule has 140 valence electrons. The summed E-state index contributed by atoms with van der Waals surface area (Å²) in [6.07, 6.45) is 3.78. The molecule has 0 saturated carbocycles. The number of Topliss-reactive ketones (excluding diaryl/α,β-unsaturated/α-hetero) is 1. The van der Waals surface area contributed by atoms with Gasteiger partial charge in [-0.25, -0.2) is 4.90 Å². The number of halogens is 1.